The van der Waals surface area contributed by atoms with Gasteiger partial charge in [0.15, 0.2) is 9.84 Å². The molecule has 1 aliphatic carbocycles. The van der Waals surface area contributed by atoms with Gasteiger partial charge in [0, 0.05) is 6.07 Å². The van der Waals surface area contributed by atoms with Crippen LogP contribution in [0.3, 0.4) is 0 Å². The minimum atomic E-state index is -3.58. The van der Waals surface area contributed by atoms with Crippen LogP contribution in [0.5, 0.6) is 0 Å². The molecule has 122 valence electrons. The number of rotatable bonds is 4. The van der Waals surface area contributed by atoms with Crippen LogP contribution in [-0.4, -0.2) is 25.2 Å². The van der Waals surface area contributed by atoms with E-state index in [0.29, 0.717) is 12.1 Å². The lowest BCUT2D eigenvalue weighted by atomic mass is 9.91. The van der Waals surface area contributed by atoms with Crippen molar-refractivity contribution in [2.45, 2.75) is 31.4 Å². The molecule has 2 aromatic rings. The largest absolute Gasteiger partial charge is 0.338 e. The first-order valence-corrected chi connectivity index (χ1v) is 9.20. The fourth-order valence-electron chi connectivity index (χ4n) is 2.96. The minimum Gasteiger partial charge on any atom is -0.338 e. The van der Waals surface area contributed by atoms with Gasteiger partial charge in [-0.3, -0.25) is 10.1 Å². The molecular weight excluding hydrogens is 316 g/mol. The Bertz CT molecular complexity index is 826. The molecule has 23 heavy (non-hydrogen) atoms. The van der Waals surface area contributed by atoms with Crippen molar-refractivity contribution in [3.8, 4) is 0 Å². The van der Waals surface area contributed by atoms with Gasteiger partial charge in [-0.1, -0.05) is 29.4 Å². The molecule has 1 heterocycles. The maximum absolute atomic E-state index is 12.6. The van der Waals surface area contributed by atoms with Crippen LogP contribution in [0.15, 0.2) is 34.9 Å². The minimum absolute atomic E-state index is 0.159. The molecule has 6 nitrogen and oxygen atoms in total. The third-order valence-electron chi connectivity index (χ3n) is 3.97. The van der Waals surface area contributed by atoms with Crippen molar-refractivity contribution < 1.29 is 17.7 Å². The number of anilines is 1. The molecule has 0 saturated heterocycles. The number of nitrogens with one attached hydrogen (secondary N) is 1. The lowest BCUT2D eigenvalue weighted by Crippen LogP contribution is -2.28. The molecule has 0 aliphatic heterocycles. The van der Waals surface area contributed by atoms with Crippen molar-refractivity contribution in [2.75, 3.05) is 11.1 Å². The van der Waals surface area contributed by atoms with E-state index in [1.807, 2.05) is 24.3 Å². The van der Waals surface area contributed by atoms with Crippen LogP contribution in [0.2, 0.25) is 0 Å². The highest BCUT2D eigenvalue weighted by molar-refractivity contribution is 7.92. The highest BCUT2D eigenvalue weighted by Crippen LogP contribution is 2.35. The van der Waals surface area contributed by atoms with E-state index in [-0.39, 0.29) is 5.88 Å². The van der Waals surface area contributed by atoms with Gasteiger partial charge in [-0.15, -0.1) is 0 Å². The van der Waals surface area contributed by atoms with Gasteiger partial charge in [-0.25, -0.2) is 8.42 Å². The molecule has 7 heteroatoms. The van der Waals surface area contributed by atoms with Gasteiger partial charge in [0.2, 0.25) is 11.8 Å². The van der Waals surface area contributed by atoms with E-state index in [9.17, 15) is 13.2 Å². The Balaban J connectivity index is 1.76. The summed E-state index contributed by atoms with van der Waals surface area (Å²) < 4.78 is 30.2. The molecular formula is C16H18N2O4S. The lowest BCUT2D eigenvalue weighted by Gasteiger charge is -2.25. The van der Waals surface area contributed by atoms with Gasteiger partial charge in [-0.2, -0.15) is 0 Å². The Kier molecular flexibility index (Phi) is 4.21. The third kappa shape index (κ3) is 3.44. The van der Waals surface area contributed by atoms with Crippen LogP contribution in [0.1, 0.15) is 34.9 Å². The molecule has 0 saturated carbocycles. The van der Waals surface area contributed by atoms with E-state index in [4.69, 9.17) is 4.52 Å². The van der Waals surface area contributed by atoms with Gasteiger partial charge >= 0.3 is 0 Å². The molecule has 0 radical (unpaired) electrons. The second-order valence-electron chi connectivity index (χ2n) is 5.77. The average molecular weight is 334 g/mol. The molecule has 1 aromatic heterocycles. The Morgan fingerprint density at radius 2 is 2.17 bits per heavy atom. The van der Waals surface area contributed by atoms with Crippen molar-refractivity contribution in [2.24, 2.45) is 0 Å². The number of hydrogen-bond donors (Lipinski definition) is 1. The van der Waals surface area contributed by atoms with Gasteiger partial charge in [0.25, 0.3) is 0 Å². The summed E-state index contributed by atoms with van der Waals surface area (Å²) >= 11 is 0. The summed E-state index contributed by atoms with van der Waals surface area (Å²) in [6.45, 7) is 1.72. The van der Waals surface area contributed by atoms with Crippen molar-refractivity contribution >= 4 is 21.6 Å². The predicted molar refractivity (Wildman–Crippen MR) is 85.8 cm³/mol. The number of carbonyl (C=O) groups excluding carboxylic acids is 1. The monoisotopic (exact) mass is 334 g/mol. The number of amides is 1. The van der Waals surface area contributed by atoms with E-state index in [0.717, 1.165) is 24.0 Å². The maximum atomic E-state index is 12.6. The highest BCUT2D eigenvalue weighted by Gasteiger charge is 2.33. The average Bonchev–Trinajstić information content (AvgIpc) is 2.91. The van der Waals surface area contributed by atoms with Crippen LogP contribution >= 0.6 is 0 Å². The Labute approximate surface area is 134 Å². The molecule has 0 fully saturated rings. The summed E-state index contributed by atoms with van der Waals surface area (Å²) in [5.74, 6) is -1.01. The number of fused-ring (bicyclic) bond motifs is 1. The summed E-state index contributed by atoms with van der Waals surface area (Å²) in [5.41, 5.74) is 2.49. The maximum Gasteiger partial charge on any atom is 0.241 e. The third-order valence-corrected chi connectivity index (χ3v) is 5.99. The summed E-state index contributed by atoms with van der Waals surface area (Å²) in [6.07, 6.45) is 2.24. The van der Waals surface area contributed by atoms with Gasteiger partial charge < -0.3 is 4.52 Å². The zero-order valence-electron chi connectivity index (χ0n) is 12.8. The van der Waals surface area contributed by atoms with Crippen molar-refractivity contribution in [3.05, 3.63) is 47.2 Å². The SMILES string of the molecule is Cc1cc(NC(=O)CS(=O)(=O)C2CCCc3ccccc32)on1. The number of hydrogen-bond acceptors (Lipinski definition) is 5. The normalized spacial score (nSPS) is 17.5. The highest BCUT2D eigenvalue weighted by atomic mass is 32.2. The molecule has 3 rings (SSSR count). The van der Waals surface area contributed by atoms with Gasteiger partial charge in [0.05, 0.1) is 10.9 Å². The molecule has 0 bridgehead atoms. The first kappa shape index (κ1) is 15.7. The quantitative estimate of drug-likeness (QED) is 0.927. The van der Waals surface area contributed by atoms with Crippen molar-refractivity contribution in [1.82, 2.24) is 5.16 Å². The molecule has 1 atom stereocenters. The number of nitrogens with zero attached hydrogens (tertiary/aromatic N) is 1. The van der Waals surface area contributed by atoms with E-state index >= 15 is 0 Å². The Morgan fingerprint density at radius 3 is 2.91 bits per heavy atom. The van der Waals surface area contributed by atoms with E-state index < -0.39 is 26.7 Å². The lowest BCUT2D eigenvalue weighted by molar-refractivity contribution is -0.114. The zero-order valence-corrected chi connectivity index (χ0v) is 13.6. The molecule has 1 aliphatic rings. The Hall–Kier alpha value is -2.15. The fraction of sp³-hybridized carbons (Fsp3) is 0.375. The molecule has 0 spiro atoms. The van der Waals surface area contributed by atoms with E-state index in [2.05, 4.69) is 10.5 Å². The topological polar surface area (TPSA) is 89.3 Å². The van der Waals surface area contributed by atoms with Crippen LogP contribution in [0.25, 0.3) is 0 Å². The number of aromatic nitrogens is 1. The standard InChI is InChI=1S/C16H18N2O4S/c1-11-9-16(22-18-11)17-15(19)10-23(20,21)14-8-4-6-12-5-2-3-7-13(12)14/h2-3,5,7,9,14H,4,6,8,10H2,1H3,(H,17,19). The fourth-order valence-corrected chi connectivity index (χ4v) is 4.74. The first-order valence-electron chi connectivity index (χ1n) is 7.48. The smallest absolute Gasteiger partial charge is 0.241 e. The molecule has 1 unspecified atom stereocenters. The molecule has 1 N–H and O–H groups in total. The zero-order chi connectivity index (χ0) is 16.4. The van der Waals surface area contributed by atoms with Crippen LogP contribution in [0.4, 0.5) is 5.88 Å². The number of sulfone groups is 1. The summed E-state index contributed by atoms with van der Waals surface area (Å²) in [5, 5.41) is 5.47. The predicted octanol–water partition coefficient (Wildman–Crippen LogP) is 2.41. The Morgan fingerprint density at radius 1 is 1.39 bits per heavy atom. The molecule has 1 amide bonds. The second kappa shape index (κ2) is 6.16. The molecule has 1 aromatic carbocycles. The van der Waals surface area contributed by atoms with Gasteiger partial charge in [-0.05, 0) is 37.3 Å². The number of aryl methyl sites for hydroxylation is 2. The number of benzene rings is 1. The summed E-state index contributed by atoms with van der Waals surface area (Å²) in [4.78, 5) is 12.0. The summed E-state index contributed by atoms with van der Waals surface area (Å²) in [6, 6.07) is 9.08. The second-order valence-corrected chi connectivity index (χ2v) is 7.95. The summed E-state index contributed by atoms with van der Waals surface area (Å²) in [7, 11) is -3.58. The number of carbonyl (C=O) groups is 1. The van der Waals surface area contributed by atoms with Crippen LogP contribution in [0, 0.1) is 6.92 Å². The van der Waals surface area contributed by atoms with Crippen LogP contribution < -0.4 is 5.32 Å². The first-order chi connectivity index (χ1) is 11.0. The van der Waals surface area contributed by atoms with Gasteiger partial charge in [0.1, 0.15) is 5.75 Å². The van der Waals surface area contributed by atoms with Crippen molar-refractivity contribution in [1.29, 1.82) is 0 Å². The van der Waals surface area contributed by atoms with Crippen molar-refractivity contribution in [3.63, 3.8) is 0 Å². The van der Waals surface area contributed by atoms with Crippen LogP contribution in [-0.2, 0) is 21.1 Å². The van der Waals surface area contributed by atoms with E-state index in [1.54, 1.807) is 13.0 Å². The van der Waals surface area contributed by atoms with E-state index in [1.165, 1.54) is 0 Å².